The molecule has 7 nitrogen and oxygen atoms in total. The van der Waals surface area contributed by atoms with Crippen molar-refractivity contribution in [2.75, 3.05) is 6.61 Å². The summed E-state index contributed by atoms with van der Waals surface area (Å²) in [6.45, 7) is 1.94. The van der Waals surface area contributed by atoms with Gasteiger partial charge in [-0.3, -0.25) is 9.59 Å². The molecule has 0 unspecified atom stereocenters. The van der Waals surface area contributed by atoms with E-state index in [9.17, 15) is 18.0 Å². The van der Waals surface area contributed by atoms with E-state index in [1.165, 1.54) is 30.3 Å². The van der Waals surface area contributed by atoms with Crippen LogP contribution in [0, 0.1) is 0 Å². The first-order valence-corrected chi connectivity index (χ1v) is 14.2. The van der Waals surface area contributed by atoms with Crippen molar-refractivity contribution in [2.45, 2.75) is 56.3 Å². The zero-order valence-electron chi connectivity index (χ0n) is 20.0. The molecular weight excluding hydrogens is 539 g/mol. The van der Waals surface area contributed by atoms with Gasteiger partial charge in [-0.25, -0.2) is 0 Å². The molecule has 3 aliphatic rings. The van der Waals surface area contributed by atoms with Crippen molar-refractivity contribution in [3.63, 3.8) is 0 Å². The molecule has 0 spiro atoms. The Hall–Kier alpha value is -2.81. The van der Waals surface area contributed by atoms with Gasteiger partial charge in [-0.1, -0.05) is 23.2 Å². The zero-order chi connectivity index (χ0) is 26.3. The van der Waals surface area contributed by atoms with Crippen LogP contribution in [0.15, 0.2) is 64.0 Å². The Morgan fingerprint density at radius 3 is 2.08 bits per heavy atom. The molecule has 0 saturated heterocycles. The molecule has 0 N–H and O–H groups in total. The van der Waals surface area contributed by atoms with E-state index in [0.717, 1.165) is 0 Å². The molecule has 2 aliphatic carbocycles. The van der Waals surface area contributed by atoms with Crippen LogP contribution in [0.4, 0.5) is 0 Å². The van der Waals surface area contributed by atoms with Gasteiger partial charge in [-0.15, -0.1) is 0 Å². The van der Waals surface area contributed by atoms with E-state index < -0.39 is 16.0 Å². The molecule has 2 aromatic carbocycles. The molecule has 10 heteroatoms. The van der Waals surface area contributed by atoms with Crippen molar-refractivity contribution in [3.8, 4) is 11.5 Å². The minimum absolute atomic E-state index is 0.0270. The average Bonchev–Trinajstić information content (AvgIpc) is 2.85. The molecule has 0 bridgehead atoms. The summed E-state index contributed by atoms with van der Waals surface area (Å²) < 4.78 is 43.2. The molecule has 194 valence electrons. The fraction of sp³-hybridized carbons (Fsp3) is 0.333. The quantitative estimate of drug-likeness (QED) is 0.382. The summed E-state index contributed by atoms with van der Waals surface area (Å²) in [5.41, 5.74) is 1.46. The van der Waals surface area contributed by atoms with Gasteiger partial charge in [0, 0.05) is 47.8 Å². The van der Waals surface area contributed by atoms with E-state index >= 15 is 0 Å². The minimum Gasteiger partial charge on any atom is -0.490 e. The number of ketones is 2. The van der Waals surface area contributed by atoms with Gasteiger partial charge < -0.3 is 13.7 Å². The van der Waals surface area contributed by atoms with Gasteiger partial charge in [-0.2, -0.15) is 8.42 Å². The molecule has 0 atom stereocenters. The summed E-state index contributed by atoms with van der Waals surface area (Å²) >= 11 is 12.5. The van der Waals surface area contributed by atoms with Crippen molar-refractivity contribution in [2.24, 2.45) is 0 Å². The molecular formula is C27H24Cl2O7S. The van der Waals surface area contributed by atoms with Crippen LogP contribution in [0.2, 0.25) is 10.0 Å². The Morgan fingerprint density at radius 1 is 0.919 bits per heavy atom. The number of hydrogen-bond donors (Lipinski definition) is 0. The summed E-state index contributed by atoms with van der Waals surface area (Å²) in [4.78, 5) is 26.0. The minimum atomic E-state index is -4.26. The first kappa shape index (κ1) is 25.8. The van der Waals surface area contributed by atoms with E-state index in [2.05, 4.69) is 0 Å². The lowest BCUT2D eigenvalue weighted by Crippen LogP contribution is -2.30. The van der Waals surface area contributed by atoms with E-state index in [-0.39, 0.29) is 39.6 Å². The standard InChI is InChI=1S/C27H24Cl2O7S/c1-2-34-23-14-15(13-18(29)27(23)36-37(32,33)17-11-9-16(28)10-12-17)24-25-19(30)5-3-7-21(25)35-22-8-4-6-20(31)26(22)24/h9-14,24H,2-8H2,1H3. The number of benzene rings is 2. The maximum Gasteiger partial charge on any atom is 0.339 e. The maximum atomic E-state index is 13.1. The van der Waals surface area contributed by atoms with Crippen molar-refractivity contribution in [3.05, 3.63) is 74.7 Å². The second-order valence-electron chi connectivity index (χ2n) is 9.02. The van der Waals surface area contributed by atoms with Gasteiger partial charge in [0.1, 0.15) is 16.4 Å². The van der Waals surface area contributed by atoms with Crippen molar-refractivity contribution in [1.82, 2.24) is 0 Å². The van der Waals surface area contributed by atoms with Crippen molar-refractivity contribution >= 4 is 44.9 Å². The third-order valence-corrected chi connectivity index (χ3v) is 8.37. The Labute approximate surface area is 225 Å². The Morgan fingerprint density at radius 2 is 1.51 bits per heavy atom. The maximum absolute atomic E-state index is 13.1. The highest BCUT2D eigenvalue weighted by molar-refractivity contribution is 7.87. The second kappa shape index (κ2) is 10.2. The van der Waals surface area contributed by atoms with E-state index in [4.69, 9.17) is 36.9 Å². The fourth-order valence-corrected chi connectivity index (χ4v) is 6.39. The summed E-state index contributed by atoms with van der Waals surface area (Å²) in [7, 11) is -4.26. The van der Waals surface area contributed by atoms with Crippen LogP contribution in [-0.4, -0.2) is 26.6 Å². The van der Waals surface area contributed by atoms with Gasteiger partial charge in [-0.05, 0) is 61.7 Å². The van der Waals surface area contributed by atoms with E-state index in [1.54, 1.807) is 13.0 Å². The molecule has 1 heterocycles. The lowest BCUT2D eigenvalue weighted by molar-refractivity contribution is -0.117. The molecule has 0 radical (unpaired) electrons. The highest BCUT2D eigenvalue weighted by atomic mass is 35.5. The van der Waals surface area contributed by atoms with Gasteiger partial charge in [0.15, 0.2) is 17.3 Å². The fourth-order valence-electron chi connectivity index (χ4n) is 5.01. The largest absolute Gasteiger partial charge is 0.490 e. The topological polar surface area (TPSA) is 96.0 Å². The van der Waals surface area contributed by atoms with Crippen molar-refractivity contribution in [1.29, 1.82) is 0 Å². The Kier molecular flexibility index (Phi) is 7.09. The van der Waals surface area contributed by atoms with Crippen LogP contribution in [-0.2, 0) is 24.4 Å². The van der Waals surface area contributed by atoms with Gasteiger partial charge in [0.05, 0.1) is 11.6 Å². The highest BCUT2D eigenvalue weighted by Crippen LogP contribution is 2.50. The normalized spacial score (nSPS) is 18.4. The number of rotatable bonds is 6. The number of ether oxygens (including phenoxy) is 2. The monoisotopic (exact) mass is 562 g/mol. The predicted molar refractivity (Wildman–Crippen MR) is 137 cm³/mol. The SMILES string of the molecule is CCOc1cc(C2C3=C(CCCC3=O)OC3=C2C(=O)CCC3)cc(Cl)c1OS(=O)(=O)c1ccc(Cl)cc1. The zero-order valence-corrected chi connectivity index (χ0v) is 22.3. The van der Waals surface area contributed by atoms with Crippen LogP contribution in [0.25, 0.3) is 0 Å². The summed E-state index contributed by atoms with van der Waals surface area (Å²) in [6.07, 6.45) is 3.30. The third-order valence-electron chi connectivity index (χ3n) is 6.60. The molecule has 0 aromatic heterocycles. The van der Waals surface area contributed by atoms with Gasteiger partial charge in [0.2, 0.25) is 5.75 Å². The van der Waals surface area contributed by atoms with Crippen LogP contribution in [0.3, 0.4) is 0 Å². The molecule has 2 aromatic rings. The third kappa shape index (κ3) is 4.90. The first-order valence-electron chi connectivity index (χ1n) is 12.1. The molecule has 1 aliphatic heterocycles. The smallest absolute Gasteiger partial charge is 0.339 e. The lowest BCUT2D eigenvalue weighted by Gasteiger charge is -2.36. The number of halogens is 2. The summed E-state index contributed by atoms with van der Waals surface area (Å²) in [5.74, 6) is 0.279. The number of hydrogen-bond acceptors (Lipinski definition) is 7. The number of Topliss-reactive ketones (excluding diaryl/α,β-unsaturated/α-hetero) is 2. The van der Waals surface area contributed by atoms with Crippen LogP contribution >= 0.6 is 23.2 Å². The van der Waals surface area contributed by atoms with Crippen LogP contribution < -0.4 is 8.92 Å². The summed E-state index contributed by atoms with van der Waals surface area (Å²) in [6, 6.07) is 8.66. The first-order chi connectivity index (χ1) is 17.7. The molecule has 0 amide bonds. The number of allylic oxidation sites excluding steroid dienone is 4. The summed E-state index contributed by atoms with van der Waals surface area (Å²) in [5, 5.41) is 0.352. The van der Waals surface area contributed by atoms with Crippen LogP contribution in [0.5, 0.6) is 11.5 Å². The molecule has 37 heavy (non-hydrogen) atoms. The second-order valence-corrected chi connectivity index (χ2v) is 11.4. The highest BCUT2D eigenvalue weighted by Gasteiger charge is 2.42. The average molecular weight is 563 g/mol. The van der Waals surface area contributed by atoms with E-state index in [0.29, 0.717) is 71.8 Å². The Balaban J connectivity index is 1.62. The van der Waals surface area contributed by atoms with Gasteiger partial charge >= 0.3 is 10.1 Å². The number of carbonyl (C=O) groups excluding carboxylic acids is 2. The molecule has 0 fully saturated rings. The van der Waals surface area contributed by atoms with Crippen LogP contribution in [0.1, 0.15) is 56.9 Å². The van der Waals surface area contributed by atoms with E-state index in [1.807, 2.05) is 0 Å². The lowest BCUT2D eigenvalue weighted by atomic mass is 9.73. The van der Waals surface area contributed by atoms with Crippen molar-refractivity contribution < 1.29 is 31.7 Å². The van der Waals surface area contributed by atoms with Gasteiger partial charge in [0.25, 0.3) is 0 Å². The predicted octanol–water partition coefficient (Wildman–Crippen LogP) is 6.29. The number of carbonyl (C=O) groups is 2. The Bertz CT molecular complexity index is 1410. The molecule has 0 saturated carbocycles. The molecule has 5 rings (SSSR count).